The Bertz CT molecular complexity index is 186. The topological polar surface area (TPSA) is 15.3 Å². The van der Waals surface area contributed by atoms with Crippen molar-refractivity contribution in [2.75, 3.05) is 19.6 Å². The average Bonchev–Trinajstić information content (AvgIpc) is 2.05. The minimum absolute atomic E-state index is 1.08. The summed E-state index contributed by atoms with van der Waals surface area (Å²) in [4.78, 5) is 2.38. The fourth-order valence-electron chi connectivity index (χ4n) is 1.14. The Kier molecular flexibility index (Phi) is 1.69. The molecule has 10 heavy (non-hydrogen) atoms. The van der Waals surface area contributed by atoms with Crippen LogP contribution in [0.1, 0.15) is 0 Å². The summed E-state index contributed by atoms with van der Waals surface area (Å²) in [5, 5.41) is 1.36. The van der Waals surface area contributed by atoms with Gasteiger partial charge in [0, 0.05) is 19.6 Å². The van der Waals surface area contributed by atoms with Crippen molar-refractivity contribution in [1.29, 1.82) is 0 Å². The van der Waals surface area contributed by atoms with Gasteiger partial charge in [-0.15, -0.1) is 0 Å². The van der Waals surface area contributed by atoms with Crippen LogP contribution >= 0.6 is 11.9 Å². The number of nitrogens with zero attached hydrogens (tertiary/aromatic N) is 1. The molecule has 3 heteroatoms. The van der Waals surface area contributed by atoms with Gasteiger partial charge in [-0.05, 0) is 18.0 Å². The van der Waals surface area contributed by atoms with Gasteiger partial charge in [0.25, 0.3) is 0 Å². The van der Waals surface area contributed by atoms with E-state index in [1.54, 1.807) is 11.9 Å². The maximum absolute atomic E-state index is 3.26. The fraction of sp³-hybridized carbons (Fsp3) is 0.429. The summed E-state index contributed by atoms with van der Waals surface area (Å²) < 4.78 is 3.26. The SMILES string of the molecule is C1=CCN2CCNSC2=C1. The van der Waals surface area contributed by atoms with Gasteiger partial charge in [0.15, 0.2) is 0 Å². The molecule has 0 atom stereocenters. The lowest BCUT2D eigenvalue weighted by atomic mass is 10.3. The average molecular weight is 154 g/mol. The summed E-state index contributed by atoms with van der Waals surface area (Å²) in [6.45, 7) is 3.32. The molecule has 2 rings (SSSR count). The molecule has 1 N–H and O–H groups in total. The predicted molar refractivity (Wildman–Crippen MR) is 44.4 cm³/mol. The molecular weight excluding hydrogens is 144 g/mol. The van der Waals surface area contributed by atoms with Crippen molar-refractivity contribution in [1.82, 2.24) is 9.62 Å². The third kappa shape index (κ3) is 1.07. The number of hydrogen-bond donors (Lipinski definition) is 1. The van der Waals surface area contributed by atoms with E-state index in [9.17, 15) is 0 Å². The van der Waals surface area contributed by atoms with Crippen molar-refractivity contribution in [2.24, 2.45) is 0 Å². The van der Waals surface area contributed by atoms with Gasteiger partial charge in [-0.3, -0.25) is 4.72 Å². The molecule has 2 aliphatic heterocycles. The number of fused-ring (bicyclic) bond motifs is 1. The van der Waals surface area contributed by atoms with Gasteiger partial charge < -0.3 is 4.90 Å². The normalized spacial score (nSPS) is 24.0. The van der Waals surface area contributed by atoms with Crippen LogP contribution in [-0.4, -0.2) is 24.5 Å². The molecule has 0 radical (unpaired) electrons. The summed E-state index contributed by atoms with van der Waals surface area (Å²) >= 11 is 1.73. The van der Waals surface area contributed by atoms with Crippen LogP contribution in [0.2, 0.25) is 0 Å². The van der Waals surface area contributed by atoms with Gasteiger partial charge >= 0.3 is 0 Å². The molecule has 54 valence electrons. The minimum Gasteiger partial charge on any atom is -0.360 e. The zero-order valence-electron chi connectivity index (χ0n) is 5.71. The molecule has 2 aliphatic rings. The van der Waals surface area contributed by atoms with E-state index < -0.39 is 0 Å². The molecular formula is C7H10N2S. The second-order valence-corrected chi connectivity index (χ2v) is 3.29. The highest BCUT2D eigenvalue weighted by molar-refractivity contribution is 8.01. The lowest BCUT2D eigenvalue weighted by Crippen LogP contribution is -2.35. The molecule has 0 aromatic heterocycles. The smallest absolute Gasteiger partial charge is 0.0863 e. The molecule has 0 spiro atoms. The zero-order valence-corrected chi connectivity index (χ0v) is 6.53. The van der Waals surface area contributed by atoms with E-state index in [4.69, 9.17) is 0 Å². The number of nitrogens with one attached hydrogen (secondary N) is 1. The number of rotatable bonds is 0. The van der Waals surface area contributed by atoms with Crippen LogP contribution in [-0.2, 0) is 0 Å². The largest absolute Gasteiger partial charge is 0.360 e. The van der Waals surface area contributed by atoms with Crippen LogP contribution < -0.4 is 4.72 Å². The molecule has 0 saturated carbocycles. The molecule has 1 saturated heterocycles. The van der Waals surface area contributed by atoms with Crippen LogP contribution in [0.25, 0.3) is 0 Å². The summed E-state index contributed by atoms with van der Waals surface area (Å²) in [6, 6.07) is 0. The van der Waals surface area contributed by atoms with E-state index in [1.807, 2.05) is 0 Å². The highest BCUT2D eigenvalue weighted by Crippen LogP contribution is 2.22. The third-order valence-corrected chi connectivity index (χ3v) is 2.62. The second kappa shape index (κ2) is 2.68. The van der Waals surface area contributed by atoms with E-state index in [0.29, 0.717) is 0 Å². The first-order chi connectivity index (χ1) is 4.97. The summed E-state index contributed by atoms with van der Waals surface area (Å²) in [7, 11) is 0. The molecule has 0 amide bonds. The summed E-state index contributed by atoms with van der Waals surface area (Å²) in [5.41, 5.74) is 0. The van der Waals surface area contributed by atoms with Gasteiger partial charge in [0.2, 0.25) is 0 Å². The van der Waals surface area contributed by atoms with Crippen molar-refractivity contribution in [3.05, 3.63) is 23.3 Å². The quantitative estimate of drug-likeness (QED) is 0.523. The second-order valence-electron chi connectivity index (χ2n) is 2.38. The minimum atomic E-state index is 1.08. The molecule has 0 aromatic rings. The molecule has 0 unspecified atom stereocenters. The van der Waals surface area contributed by atoms with Gasteiger partial charge in [0.1, 0.15) is 0 Å². The first kappa shape index (κ1) is 6.31. The van der Waals surface area contributed by atoms with Crippen LogP contribution in [0, 0.1) is 0 Å². The highest BCUT2D eigenvalue weighted by Gasteiger charge is 2.14. The standard InChI is InChI=1S/C7H10N2S/c1-2-5-9-6-4-8-10-7(9)3-1/h1-3,8H,4-6H2. The van der Waals surface area contributed by atoms with Gasteiger partial charge in [-0.25, -0.2) is 0 Å². The zero-order chi connectivity index (χ0) is 6.81. The maximum atomic E-state index is 3.26. The molecule has 1 fully saturated rings. The Hall–Kier alpha value is -0.410. The number of allylic oxidation sites excluding steroid dienone is 2. The van der Waals surface area contributed by atoms with E-state index >= 15 is 0 Å². The Morgan fingerprint density at radius 3 is 3.50 bits per heavy atom. The monoisotopic (exact) mass is 154 g/mol. The first-order valence-corrected chi connectivity index (χ1v) is 4.30. The Balaban J connectivity index is 2.14. The Morgan fingerprint density at radius 1 is 1.60 bits per heavy atom. The van der Waals surface area contributed by atoms with Crippen LogP contribution in [0.5, 0.6) is 0 Å². The highest BCUT2D eigenvalue weighted by atomic mass is 32.2. The fourth-order valence-corrected chi connectivity index (χ4v) is 1.92. The maximum Gasteiger partial charge on any atom is 0.0863 e. The molecule has 0 aromatic carbocycles. The van der Waals surface area contributed by atoms with Crippen molar-refractivity contribution in [3.63, 3.8) is 0 Å². The molecule has 2 nitrogen and oxygen atoms in total. The van der Waals surface area contributed by atoms with Crippen molar-refractivity contribution >= 4 is 11.9 Å². The third-order valence-electron chi connectivity index (χ3n) is 1.67. The lowest BCUT2D eigenvalue weighted by Gasteiger charge is -2.31. The van der Waals surface area contributed by atoms with Crippen molar-refractivity contribution in [2.45, 2.75) is 0 Å². The van der Waals surface area contributed by atoms with E-state index in [0.717, 1.165) is 19.6 Å². The predicted octanol–water partition coefficient (Wildman–Crippen LogP) is 0.951. The van der Waals surface area contributed by atoms with Gasteiger partial charge in [0.05, 0.1) is 5.03 Å². The molecule has 0 aliphatic carbocycles. The van der Waals surface area contributed by atoms with Gasteiger partial charge in [-0.2, -0.15) is 0 Å². The number of hydrogen-bond acceptors (Lipinski definition) is 3. The Labute approximate surface area is 65.1 Å². The van der Waals surface area contributed by atoms with E-state index in [1.165, 1.54) is 5.03 Å². The van der Waals surface area contributed by atoms with Crippen LogP contribution in [0.3, 0.4) is 0 Å². The first-order valence-electron chi connectivity index (χ1n) is 3.48. The summed E-state index contributed by atoms with van der Waals surface area (Å²) in [6.07, 6.45) is 6.46. The van der Waals surface area contributed by atoms with E-state index in [2.05, 4.69) is 27.9 Å². The van der Waals surface area contributed by atoms with Crippen molar-refractivity contribution < 1.29 is 0 Å². The molecule has 2 heterocycles. The summed E-state index contributed by atoms with van der Waals surface area (Å²) in [5.74, 6) is 0. The van der Waals surface area contributed by atoms with Crippen LogP contribution in [0.15, 0.2) is 23.3 Å². The van der Waals surface area contributed by atoms with Crippen molar-refractivity contribution in [3.8, 4) is 0 Å². The lowest BCUT2D eigenvalue weighted by molar-refractivity contribution is 0.397. The van der Waals surface area contributed by atoms with Gasteiger partial charge in [-0.1, -0.05) is 12.2 Å². The van der Waals surface area contributed by atoms with Crippen LogP contribution in [0.4, 0.5) is 0 Å². The molecule has 0 bridgehead atoms. The Morgan fingerprint density at radius 2 is 2.60 bits per heavy atom. The van der Waals surface area contributed by atoms with E-state index in [-0.39, 0.29) is 0 Å².